The van der Waals surface area contributed by atoms with Crippen molar-refractivity contribution in [2.24, 2.45) is 5.92 Å². The Balaban J connectivity index is 1.80. The average molecular weight is 421 g/mol. The molecule has 1 unspecified atom stereocenters. The number of nitro benzene ring substituents is 1. The maximum atomic E-state index is 12.3. The van der Waals surface area contributed by atoms with Gasteiger partial charge in [-0.15, -0.1) is 0 Å². The van der Waals surface area contributed by atoms with Crippen molar-refractivity contribution in [2.75, 3.05) is 38.5 Å². The highest BCUT2D eigenvalue weighted by molar-refractivity contribution is 5.93. The Bertz CT molecular complexity index is 762. The molecule has 1 aromatic rings. The number of para-hydroxylation sites is 2. The summed E-state index contributed by atoms with van der Waals surface area (Å²) in [5, 5.41) is 13.7. The third kappa shape index (κ3) is 7.62. The van der Waals surface area contributed by atoms with Crippen molar-refractivity contribution in [2.45, 2.75) is 45.6 Å². The minimum atomic E-state index is -0.523. The molecule has 9 nitrogen and oxygen atoms in total. The van der Waals surface area contributed by atoms with Crippen molar-refractivity contribution in [3.05, 3.63) is 34.4 Å². The van der Waals surface area contributed by atoms with E-state index < -0.39 is 10.5 Å². The summed E-state index contributed by atoms with van der Waals surface area (Å²) in [6, 6.07) is 6.11. The summed E-state index contributed by atoms with van der Waals surface area (Å²) in [6.45, 7) is 8.40. The summed E-state index contributed by atoms with van der Waals surface area (Å²) in [4.78, 5) is 38.8. The van der Waals surface area contributed by atoms with Gasteiger partial charge in [-0.1, -0.05) is 12.1 Å². The second-order valence-corrected chi connectivity index (χ2v) is 8.74. The molecule has 166 valence electrons. The Labute approximate surface area is 177 Å². The van der Waals surface area contributed by atoms with Gasteiger partial charge in [0.25, 0.3) is 5.69 Å². The van der Waals surface area contributed by atoms with E-state index in [1.54, 1.807) is 24.1 Å². The van der Waals surface area contributed by atoms with Crippen LogP contribution < -0.4 is 5.32 Å². The van der Waals surface area contributed by atoms with Crippen LogP contribution in [0, 0.1) is 16.0 Å². The molecular formula is C21H32N4O5. The highest BCUT2D eigenvalue weighted by Crippen LogP contribution is 2.23. The van der Waals surface area contributed by atoms with Gasteiger partial charge >= 0.3 is 6.09 Å². The van der Waals surface area contributed by atoms with E-state index in [4.69, 9.17) is 4.74 Å². The lowest BCUT2D eigenvalue weighted by atomic mass is 9.97. The van der Waals surface area contributed by atoms with Gasteiger partial charge in [-0.2, -0.15) is 0 Å². The third-order valence-electron chi connectivity index (χ3n) is 4.87. The van der Waals surface area contributed by atoms with Gasteiger partial charge in [-0.25, -0.2) is 4.79 Å². The Hall–Kier alpha value is -2.68. The number of anilines is 1. The molecule has 0 aliphatic carbocycles. The fourth-order valence-corrected chi connectivity index (χ4v) is 3.52. The summed E-state index contributed by atoms with van der Waals surface area (Å²) in [7, 11) is 1.74. The summed E-state index contributed by atoms with van der Waals surface area (Å²) >= 11 is 0. The monoisotopic (exact) mass is 420 g/mol. The molecule has 2 rings (SSSR count). The van der Waals surface area contributed by atoms with E-state index in [0.717, 1.165) is 25.9 Å². The van der Waals surface area contributed by atoms with Crippen LogP contribution in [0.2, 0.25) is 0 Å². The molecule has 0 aromatic heterocycles. The maximum absolute atomic E-state index is 12.3. The van der Waals surface area contributed by atoms with E-state index in [2.05, 4.69) is 10.2 Å². The van der Waals surface area contributed by atoms with E-state index in [-0.39, 0.29) is 29.8 Å². The first-order chi connectivity index (χ1) is 14.0. The number of nitrogens with zero attached hydrogens (tertiary/aromatic N) is 3. The van der Waals surface area contributed by atoms with Crippen LogP contribution in [0.1, 0.15) is 40.0 Å². The molecule has 30 heavy (non-hydrogen) atoms. The van der Waals surface area contributed by atoms with Crippen LogP contribution in [0.15, 0.2) is 24.3 Å². The summed E-state index contributed by atoms with van der Waals surface area (Å²) in [5.74, 6) is 0.0619. The second kappa shape index (κ2) is 10.4. The molecule has 2 amide bonds. The summed E-state index contributed by atoms with van der Waals surface area (Å²) < 4.78 is 5.40. The number of nitrogens with one attached hydrogen (secondary N) is 1. The lowest BCUT2D eigenvalue weighted by Gasteiger charge is -2.35. The predicted molar refractivity (Wildman–Crippen MR) is 114 cm³/mol. The zero-order valence-corrected chi connectivity index (χ0v) is 18.2. The van der Waals surface area contributed by atoms with Crippen LogP contribution in [-0.2, 0) is 9.53 Å². The molecule has 1 fully saturated rings. The molecule has 0 bridgehead atoms. The van der Waals surface area contributed by atoms with E-state index in [9.17, 15) is 19.7 Å². The molecule has 0 radical (unpaired) electrons. The highest BCUT2D eigenvalue weighted by Gasteiger charge is 2.25. The van der Waals surface area contributed by atoms with E-state index in [1.165, 1.54) is 12.1 Å². The molecular weight excluding hydrogens is 388 g/mol. The Morgan fingerprint density at radius 1 is 1.33 bits per heavy atom. The van der Waals surface area contributed by atoms with Crippen LogP contribution in [-0.4, -0.2) is 65.6 Å². The molecule has 1 aliphatic heterocycles. The summed E-state index contributed by atoms with van der Waals surface area (Å²) in [6.07, 6.45) is 1.94. The van der Waals surface area contributed by atoms with Crippen molar-refractivity contribution in [1.29, 1.82) is 0 Å². The van der Waals surface area contributed by atoms with Gasteiger partial charge in [0.15, 0.2) is 0 Å². The van der Waals surface area contributed by atoms with E-state index in [0.29, 0.717) is 19.0 Å². The number of nitro groups is 1. The standard InChI is InChI=1S/C21H32N4O5/c1-21(2,3)30-20(27)23(4)14-16-8-7-12-24(15-16)13-11-19(26)22-17-9-5-6-10-18(17)25(28)29/h5-6,9-10,16H,7-8,11-15H2,1-4H3,(H,22,26). The number of ether oxygens (including phenoxy) is 1. The van der Waals surface area contributed by atoms with E-state index in [1.807, 2.05) is 20.8 Å². The zero-order valence-electron chi connectivity index (χ0n) is 18.2. The number of piperidine rings is 1. The van der Waals surface area contributed by atoms with E-state index >= 15 is 0 Å². The molecule has 1 N–H and O–H groups in total. The topological polar surface area (TPSA) is 105 Å². The normalized spacial score (nSPS) is 17.3. The van der Waals surface area contributed by atoms with Crippen molar-refractivity contribution in [3.8, 4) is 0 Å². The maximum Gasteiger partial charge on any atom is 0.410 e. The Kier molecular flexibility index (Phi) is 8.16. The number of hydrogen-bond acceptors (Lipinski definition) is 6. The Morgan fingerprint density at radius 3 is 2.70 bits per heavy atom. The minimum Gasteiger partial charge on any atom is -0.444 e. The molecule has 1 aromatic carbocycles. The molecule has 1 saturated heterocycles. The van der Waals surface area contributed by atoms with Gasteiger partial charge in [0.2, 0.25) is 5.91 Å². The number of likely N-dealkylation sites (tertiary alicyclic amines) is 1. The van der Waals surface area contributed by atoms with Gasteiger partial charge in [-0.3, -0.25) is 14.9 Å². The Morgan fingerprint density at radius 2 is 2.03 bits per heavy atom. The van der Waals surface area contributed by atoms with Crippen LogP contribution in [0.5, 0.6) is 0 Å². The SMILES string of the molecule is CN(CC1CCCN(CCC(=O)Nc2ccccc2[N+](=O)[O-])C1)C(=O)OC(C)(C)C. The largest absolute Gasteiger partial charge is 0.444 e. The van der Waals surface area contributed by atoms with Gasteiger partial charge in [0, 0.05) is 39.2 Å². The lowest BCUT2D eigenvalue weighted by molar-refractivity contribution is -0.383. The number of rotatable bonds is 7. The van der Waals surface area contributed by atoms with Crippen molar-refractivity contribution < 1.29 is 19.2 Å². The van der Waals surface area contributed by atoms with Crippen LogP contribution in [0.25, 0.3) is 0 Å². The second-order valence-electron chi connectivity index (χ2n) is 8.74. The van der Waals surface area contributed by atoms with Gasteiger partial charge in [-0.05, 0) is 52.1 Å². The van der Waals surface area contributed by atoms with Crippen molar-refractivity contribution in [1.82, 2.24) is 9.80 Å². The number of carbonyl (C=O) groups excluding carboxylic acids is 2. The van der Waals surface area contributed by atoms with Crippen molar-refractivity contribution in [3.63, 3.8) is 0 Å². The first-order valence-corrected chi connectivity index (χ1v) is 10.2. The minimum absolute atomic E-state index is 0.117. The number of amides is 2. The fourth-order valence-electron chi connectivity index (χ4n) is 3.52. The molecule has 0 spiro atoms. The van der Waals surface area contributed by atoms with Crippen molar-refractivity contribution >= 4 is 23.4 Å². The lowest BCUT2D eigenvalue weighted by Crippen LogP contribution is -2.43. The van der Waals surface area contributed by atoms with Gasteiger partial charge in [0.05, 0.1) is 4.92 Å². The van der Waals surface area contributed by atoms with Gasteiger partial charge < -0.3 is 19.9 Å². The van der Waals surface area contributed by atoms with Crippen LogP contribution in [0.3, 0.4) is 0 Å². The molecule has 9 heteroatoms. The van der Waals surface area contributed by atoms with Gasteiger partial charge in [0.1, 0.15) is 11.3 Å². The number of benzene rings is 1. The first-order valence-electron chi connectivity index (χ1n) is 10.2. The molecule has 1 heterocycles. The number of hydrogen-bond donors (Lipinski definition) is 1. The van der Waals surface area contributed by atoms with Crippen LogP contribution >= 0.6 is 0 Å². The third-order valence-corrected chi connectivity index (χ3v) is 4.87. The summed E-state index contributed by atoms with van der Waals surface area (Å²) in [5.41, 5.74) is -0.428. The molecule has 0 saturated carbocycles. The first kappa shape index (κ1) is 23.6. The zero-order chi connectivity index (χ0) is 22.3. The molecule has 1 atom stereocenters. The average Bonchev–Trinajstić information content (AvgIpc) is 2.65. The predicted octanol–water partition coefficient (Wildman–Crippen LogP) is 3.50. The smallest absolute Gasteiger partial charge is 0.410 e. The number of carbonyl (C=O) groups is 2. The highest BCUT2D eigenvalue weighted by atomic mass is 16.6. The fraction of sp³-hybridized carbons (Fsp3) is 0.619. The molecule has 1 aliphatic rings. The van der Waals surface area contributed by atoms with Crippen LogP contribution in [0.4, 0.5) is 16.2 Å². The quantitative estimate of drug-likeness (QED) is 0.535.